The van der Waals surface area contributed by atoms with E-state index in [0.717, 1.165) is 18.4 Å². The molecule has 160 valence electrons. The van der Waals surface area contributed by atoms with Gasteiger partial charge in [-0.2, -0.15) is 0 Å². The van der Waals surface area contributed by atoms with Crippen molar-refractivity contribution < 1.29 is 4.79 Å². The van der Waals surface area contributed by atoms with Gasteiger partial charge < -0.3 is 4.90 Å². The summed E-state index contributed by atoms with van der Waals surface area (Å²) in [5.74, 6) is 1.14. The van der Waals surface area contributed by atoms with E-state index in [1.807, 2.05) is 54.6 Å². The molecule has 2 fully saturated rings. The minimum Gasteiger partial charge on any atom is -0.336 e. The van der Waals surface area contributed by atoms with Gasteiger partial charge in [0, 0.05) is 12.1 Å². The highest BCUT2D eigenvalue weighted by Gasteiger charge is 2.41. The minimum absolute atomic E-state index is 0.0604. The first-order chi connectivity index (χ1) is 15.1. The lowest BCUT2D eigenvalue weighted by molar-refractivity contribution is -0.131. The molecule has 2 aliphatic carbocycles. The zero-order valence-electron chi connectivity index (χ0n) is 17.7. The monoisotopic (exact) mass is 433 g/mol. The first kappa shape index (κ1) is 20.3. The maximum Gasteiger partial charge on any atom is 0.262 e. The Morgan fingerprint density at radius 2 is 1.81 bits per heavy atom. The van der Waals surface area contributed by atoms with Gasteiger partial charge in [0.15, 0.2) is 5.16 Å². The highest BCUT2D eigenvalue weighted by molar-refractivity contribution is 7.99. The Hall–Kier alpha value is -2.60. The number of rotatable bonds is 8. The predicted octanol–water partition coefficient (Wildman–Crippen LogP) is 4.33. The van der Waals surface area contributed by atoms with Crippen LogP contribution in [0.2, 0.25) is 0 Å². The zero-order valence-corrected chi connectivity index (χ0v) is 18.6. The average Bonchev–Trinajstić information content (AvgIpc) is 3.69. The first-order valence-electron chi connectivity index (χ1n) is 11.1. The van der Waals surface area contributed by atoms with Gasteiger partial charge in [-0.3, -0.25) is 14.2 Å². The molecule has 5 rings (SSSR count). The number of aromatic nitrogens is 2. The summed E-state index contributed by atoms with van der Waals surface area (Å²) in [4.78, 5) is 33.3. The highest BCUT2D eigenvalue weighted by Crippen LogP contribution is 2.40. The van der Waals surface area contributed by atoms with Crippen LogP contribution in [-0.4, -0.2) is 38.2 Å². The number of amides is 1. The number of para-hydroxylation sites is 1. The van der Waals surface area contributed by atoms with Crippen molar-refractivity contribution in [1.29, 1.82) is 0 Å². The fourth-order valence-electron chi connectivity index (χ4n) is 4.29. The van der Waals surface area contributed by atoms with E-state index in [-0.39, 0.29) is 11.5 Å². The van der Waals surface area contributed by atoms with Gasteiger partial charge >= 0.3 is 0 Å². The summed E-state index contributed by atoms with van der Waals surface area (Å²) in [7, 11) is 0. The van der Waals surface area contributed by atoms with Crippen LogP contribution in [0.3, 0.4) is 0 Å². The second-order valence-electron chi connectivity index (χ2n) is 8.69. The van der Waals surface area contributed by atoms with Gasteiger partial charge in [-0.05, 0) is 56.2 Å². The Morgan fingerprint density at radius 1 is 1.10 bits per heavy atom. The van der Waals surface area contributed by atoms with Crippen LogP contribution in [0.15, 0.2) is 64.5 Å². The number of hydrogen-bond donors (Lipinski definition) is 0. The third-order valence-electron chi connectivity index (χ3n) is 6.31. The summed E-state index contributed by atoms with van der Waals surface area (Å²) in [6, 6.07) is 18.1. The maximum absolute atomic E-state index is 13.3. The van der Waals surface area contributed by atoms with Gasteiger partial charge in [0.05, 0.1) is 23.2 Å². The van der Waals surface area contributed by atoms with Crippen LogP contribution in [-0.2, 0) is 11.3 Å². The molecular weight excluding hydrogens is 406 g/mol. The van der Waals surface area contributed by atoms with Gasteiger partial charge in [0.2, 0.25) is 5.91 Å². The number of benzene rings is 2. The molecule has 2 aromatic carbocycles. The van der Waals surface area contributed by atoms with Crippen molar-refractivity contribution in [3.8, 4) is 0 Å². The summed E-state index contributed by atoms with van der Waals surface area (Å²) in [5.41, 5.74) is 1.66. The van der Waals surface area contributed by atoms with Gasteiger partial charge in [-0.25, -0.2) is 4.98 Å². The number of thioether (sulfide) groups is 1. The zero-order chi connectivity index (χ0) is 21.4. The Bertz CT molecular complexity index is 1150. The van der Waals surface area contributed by atoms with E-state index in [4.69, 9.17) is 4.98 Å². The van der Waals surface area contributed by atoms with E-state index < -0.39 is 0 Å². The topological polar surface area (TPSA) is 55.2 Å². The Kier molecular flexibility index (Phi) is 5.57. The van der Waals surface area contributed by atoms with Crippen molar-refractivity contribution in [3.63, 3.8) is 0 Å². The van der Waals surface area contributed by atoms with Crippen molar-refractivity contribution in [3.05, 3.63) is 70.5 Å². The molecule has 0 aliphatic heterocycles. The van der Waals surface area contributed by atoms with Crippen molar-refractivity contribution in [2.24, 2.45) is 5.92 Å². The van der Waals surface area contributed by atoms with Crippen LogP contribution in [0.5, 0.6) is 0 Å². The fourth-order valence-corrected chi connectivity index (χ4v) is 5.15. The molecule has 0 bridgehead atoms. The third kappa shape index (κ3) is 4.40. The van der Waals surface area contributed by atoms with Crippen molar-refractivity contribution in [2.75, 3.05) is 5.75 Å². The molecule has 5 nitrogen and oxygen atoms in total. The number of carbonyl (C=O) groups is 1. The van der Waals surface area contributed by atoms with Crippen LogP contribution in [0.25, 0.3) is 10.9 Å². The van der Waals surface area contributed by atoms with Crippen molar-refractivity contribution in [1.82, 2.24) is 14.5 Å². The number of hydrogen-bond acceptors (Lipinski definition) is 4. The molecule has 0 saturated heterocycles. The molecule has 3 aromatic rings. The van der Waals surface area contributed by atoms with Crippen LogP contribution < -0.4 is 5.56 Å². The predicted molar refractivity (Wildman–Crippen MR) is 124 cm³/mol. The van der Waals surface area contributed by atoms with Gasteiger partial charge in [0.1, 0.15) is 0 Å². The molecule has 1 aromatic heterocycles. The van der Waals surface area contributed by atoms with Gasteiger partial charge in [0.25, 0.3) is 5.56 Å². The molecule has 2 aliphatic rings. The number of carbonyl (C=O) groups excluding carboxylic acids is 1. The molecule has 31 heavy (non-hydrogen) atoms. The molecule has 1 heterocycles. The van der Waals surface area contributed by atoms with E-state index in [2.05, 4.69) is 11.8 Å². The summed E-state index contributed by atoms with van der Waals surface area (Å²) in [6.45, 7) is 2.64. The molecular formula is C25H27N3O2S. The molecule has 6 heteroatoms. The normalized spacial score (nSPS) is 16.9. The van der Waals surface area contributed by atoms with E-state index >= 15 is 0 Å². The van der Waals surface area contributed by atoms with Crippen LogP contribution in [0, 0.1) is 5.92 Å². The number of fused-ring (bicyclic) bond motifs is 1. The Labute approximate surface area is 186 Å². The molecule has 0 spiro atoms. The van der Waals surface area contributed by atoms with Crippen LogP contribution in [0.1, 0.15) is 38.2 Å². The fraction of sp³-hybridized carbons (Fsp3) is 0.400. The van der Waals surface area contributed by atoms with E-state index in [1.165, 1.54) is 24.6 Å². The summed E-state index contributed by atoms with van der Waals surface area (Å²) in [6.07, 6.45) is 4.68. The summed E-state index contributed by atoms with van der Waals surface area (Å²) < 4.78 is 1.71. The van der Waals surface area contributed by atoms with Crippen LogP contribution in [0.4, 0.5) is 0 Å². The SMILES string of the molecule is CC(C1CC1)N(C(=O)CSc1nc2ccccc2c(=O)n1Cc1ccccc1)C1CC1. The van der Waals surface area contributed by atoms with Gasteiger partial charge in [-0.15, -0.1) is 0 Å². The standard InChI is InChI=1S/C25H27N3O2S/c1-17(19-11-12-19)28(20-13-14-20)23(29)16-31-25-26-22-10-6-5-9-21(22)24(30)27(25)15-18-7-3-2-4-8-18/h2-10,17,19-20H,11-16H2,1H3. The summed E-state index contributed by atoms with van der Waals surface area (Å²) in [5, 5.41) is 1.21. The van der Waals surface area contributed by atoms with E-state index in [0.29, 0.717) is 46.4 Å². The molecule has 1 atom stereocenters. The third-order valence-corrected chi connectivity index (χ3v) is 7.27. The molecule has 0 radical (unpaired) electrons. The Balaban J connectivity index is 1.43. The molecule has 1 amide bonds. The minimum atomic E-state index is -0.0604. The highest BCUT2D eigenvalue weighted by atomic mass is 32.2. The summed E-state index contributed by atoms with van der Waals surface area (Å²) >= 11 is 1.39. The smallest absolute Gasteiger partial charge is 0.262 e. The van der Waals surface area contributed by atoms with E-state index in [9.17, 15) is 9.59 Å². The second kappa shape index (κ2) is 8.50. The first-order valence-corrected chi connectivity index (χ1v) is 12.1. The van der Waals surface area contributed by atoms with Gasteiger partial charge in [-0.1, -0.05) is 54.2 Å². The lowest BCUT2D eigenvalue weighted by atomic mass is 10.2. The largest absolute Gasteiger partial charge is 0.336 e. The van der Waals surface area contributed by atoms with Crippen molar-refractivity contribution in [2.45, 2.75) is 56.4 Å². The van der Waals surface area contributed by atoms with E-state index in [1.54, 1.807) is 4.57 Å². The second-order valence-corrected chi connectivity index (χ2v) is 9.63. The molecule has 0 N–H and O–H groups in total. The Morgan fingerprint density at radius 3 is 2.52 bits per heavy atom. The molecule has 1 unspecified atom stereocenters. The van der Waals surface area contributed by atoms with Crippen LogP contribution >= 0.6 is 11.8 Å². The lowest BCUT2D eigenvalue weighted by Crippen LogP contribution is -2.42. The van der Waals surface area contributed by atoms with Crippen molar-refractivity contribution >= 4 is 28.6 Å². The lowest BCUT2D eigenvalue weighted by Gasteiger charge is -2.29. The maximum atomic E-state index is 13.3. The average molecular weight is 434 g/mol. The molecule has 2 saturated carbocycles. The quantitative estimate of drug-likeness (QED) is 0.392. The number of nitrogens with zero attached hydrogens (tertiary/aromatic N) is 3.